The molecule has 0 unspecified atom stereocenters. The molecule has 6 nitrogen and oxygen atoms in total. The number of ether oxygens (including phenoxy) is 1. The van der Waals surface area contributed by atoms with Crippen LogP contribution in [0, 0.1) is 6.92 Å². The molecular weight excluding hydrogens is 280 g/mol. The second-order valence-corrected chi connectivity index (χ2v) is 6.18. The predicted molar refractivity (Wildman–Crippen MR) is 78.4 cm³/mol. The molecule has 1 amide bonds. The van der Waals surface area contributed by atoms with Gasteiger partial charge in [0.2, 0.25) is 10.0 Å². The molecular formula is C13H20N2O4S. The molecule has 112 valence electrons. The summed E-state index contributed by atoms with van der Waals surface area (Å²) in [7, 11) is -3.41. The van der Waals surface area contributed by atoms with E-state index < -0.39 is 16.1 Å². The molecule has 1 aromatic rings. The maximum atomic E-state index is 11.9. The number of para-hydroxylation sites is 1. The van der Waals surface area contributed by atoms with Gasteiger partial charge in [0.15, 0.2) is 0 Å². The Bertz CT molecular complexity index is 557. The van der Waals surface area contributed by atoms with Gasteiger partial charge in [0.25, 0.3) is 0 Å². The largest absolute Gasteiger partial charge is 0.450 e. The molecule has 0 spiro atoms. The number of sulfonamides is 1. The molecule has 0 fully saturated rings. The highest BCUT2D eigenvalue weighted by molar-refractivity contribution is 7.92. The second-order valence-electron chi connectivity index (χ2n) is 4.27. The summed E-state index contributed by atoms with van der Waals surface area (Å²) in [6.45, 7) is 4.16. The van der Waals surface area contributed by atoms with Gasteiger partial charge in [0.05, 0.1) is 25.1 Å². The van der Waals surface area contributed by atoms with Gasteiger partial charge in [0.1, 0.15) is 0 Å². The Hall–Kier alpha value is -1.76. The first-order chi connectivity index (χ1) is 9.36. The number of carbonyl (C=O) groups excluding carboxylic acids is 1. The van der Waals surface area contributed by atoms with Gasteiger partial charge < -0.3 is 10.1 Å². The summed E-state index contributed by atoms with van der Waals surface area (Å²) in [4.78, 5) is 11.2. The number of nitrogens with one attached hydrogen (secondary N) is 1. The van der Waals surface area contributed by atoms with Gasteiger partial charge in [-0.25, -0.2) is 13.2 Å². The summed E-state index contributed by atoms with van der Waals surface area (Å²) in [5, 5.41) is 2.51. The van der Waals surface area contributed by atoms with Crippen molar-refractivity contribution in [3.63, 3.8) is 0 Å². The Morgan fingerprint density at radius 3 is 2.55 bits per heavy atom. The first-order valence-corrected chi connectivity index (χ1v) is 8.15. The lowest BCUT2D eigenvalue weighted by Gasteiger charge is -2.24. The van der Waals surface area contributed by atoms with Crippen molar-refractivity contribution in [2.45, 2.75) is 13.8 Å². The number of alkyl carbamates (subject to hydrolysis) is 1. The van der Waals surface area contributed by atoms with Gasteiger partial charge >= 0.3 is 6.09 Å². The molecule has 1 aromatic carbocycles. The van der Waals surface area contributed by atoms with Gasteiger partial charge in [-0.05, 0) is 25.5 Å². The van der Waals surface area contributed by atoms with Gasteiger partial charge in [-0.1, -0.05) is 18.2 Å². The van der Waals surface area contributed by atoms with Gasteiger partial charge in [-0.15, -0.1) is 0 Å². The smallest absolute Gasteiger partial charge is 0.407 e. The molecule has 0 aliphatic carbocycles. The van der Waals surface area contributed by atoms with Crippen LogP contribution in [0.5, 0.6) is 0 Å². The number of amides is 1. The van der Waals surface area contributed by atoms with Crippen molar-refractivity contribution < 1.29 is 17.9 Å². The van der Waals surface area contributed by atoms with E-state index in [1.54, 1.807) is 19.1 Å². The fraction of sp³-hybridized carbons (Fsp3) is 0.462. The van der Waals surface area contributed by atoms with E-state index in [1.807, 2.05) is 19.1 Å². The van der Waals surface area contributed by atoms with Crippen LogP contribution in [-0.2, 0) is 14.8 Å². The molecule has 7 heteroatoms. The quantitative estimate of drug-likeness (QED) is 0.864. The number of anilines is 1. The third-order valence-electron chi connectivity index (χ3n) is 2.64. The normalized spacial score (nSPS) is 10.9. The fourth-order valence-electron chi connectivity index (χ4n) is 1.75. The zero-order valence-corrected chi connectivity index (χ0v) is 12.7. The van der Waals surface area contributed by atoms with Crippen molar-refractivity contribution in [3.05, 3.63) is 29.8 Å². The number of benzene rings is 1. The van der Waals surface area contributed by atoms with Crippen LogP contribution in [0.4, 0.5) is 10.5 Å². The topological polar surface area (TPSA) is 75.7 Å². The van der Waals surface area contributed by atoms with Crippen molar-refractivity contribution in [3.8, 4) is 0 Å². The van der Waals surface area contributed by atoms with E-state index in [1.165, 1.54) is 4.31 Å². The zero-order valence-electron chi connectivity index (χ0n) is 11.9. The van der Waals surface area contributed by atoms with Crippen molar-refractivity contribution in [1.82, 2.24) is 5.32 Å². The van der Waals surface area contributed by atoms with E-state index in [0.29, 0.717) is 5.69 Å². The molecule has 0 heterocycles. The predicted octanol–water partition coefficient (Wildman–Crippen LogP) is 1.51. The summed E-state index contributed by atoms with van der Waals surface area (Å²) < 4.78 is 29.7. The van der Waals surface area contributed by atoms with E-state index >= 15 is 0 Å². The van der Waals surface area contributed by atoms with E-state index in [4.69, 9.17) is 4.74 Å². The second kappa shape index (κ2) is 7.14. The first-order valence-electron chi connectivity index (χ1n) is 6.30. The average molecular weight is 300 g/mol. The van der Waals surface area contributed by atoms with Gasteiger partial charge in [-0.2, -0.15) is 0 Å². The van der Waals surface area contributed by atoms with Crippen LogP contribution in [0.25, 0.3) is 0 Å². The van der Waals surface area contributed by atoms with Crippen molar-refractivity contribution in [2.75, 3.05) is 30.3 Å². The first kappa shape index (κ1) is 16.3. The standard InChI is InChI=1S/C13H20N2O4S/c1-4-19-13(16)14-9-10-15(20(3,17)18)12-8-6-5-7-11(12)2/h5-8H,4,9-10H2,1-3H3,(H,14,16). The summed E-state index contributed by atoms with van der Waals surface area (Å²) in [6, 6.07) is 7.20. The number of rotatable bonds is 6. The number of nitrogens with zero attached hydrogens (tertiary/aromatic N) is 1. The molecule has 1 rings (SSSR count). The van der Waals surface area contributed by atoms with Crippen LogP contribution in [0.2, 0.25) is 0 Å². The Balaban J connectivity index is 2.78. The molecule has 0 atom stereocenters. The SMILES string of the molecule is CCOC(=O)NCCN(c1ccccc1C)S(C)(=O)=O. The molecule has 0 bridgehead atoms. The number of hydrogen-bond donors (Lipinski definition) is 1. The van der Waals surface area contributed by atoms with Crippen molar-refractivity contribution >= 4 is 21.8 Å². The highest BCUT2D eigenvalue weighted by atomic mass is 32.2. The molecule has 20 heavy (non-hydrogen) atoms. The van der Waals surface area contributed by atoms with E-state index in [-0.39, 0.29) is 19.7 Å². The molecule has 0 saturated heterocycles. The monoisotopic (exact) mass is 300 g/mol. The molecule has 1 N–H and O–H groups in total. The Morgan fingerprint density at radius 2 is 2.00 bits per heavy atom. The Kier molecular flexibility index (Phi) is 5.82. The summed E-state index contributed by atoms with van der Waals surface area (Å²) in [5.41, 5.74) is 1.47. The maximum absolute atomic E-state index is 11.9. The van der Waals surface area contributed by atoms with Crippen LogP contribution in [0.1, 0.15) is 12.5 Å². The highest BCUT2D eigenvalue weighted by Crippen LogP contribution is 2.21. The zero-order chi connectivity index (χ0) is 15.2. The van der Waals surface area contributed by atoms with E-state index in [2.05, 4.69) is 5.32 Å². The van der Waals surface area contributed by atoms with E-state index in [9.17, 15) is 13.2 Å². The molecule has 0 saturated carbocycles. The molecule has 0 aromatic heterocycles. The Morgan fingerprint density at radius 1 is 1.35 bits per heavy atom. The van der Waals surface area contributed by atoms with Crippen LogP contribution < -0.4 is 9.62 Å². The minimum absolute atomic E-state index is 0.155. The van der Waals surface area contributed by atoms with Crippen LogP contribution in [0.3, 0.4) is 0 Å². The molecule has 0 aliphatic rings. The summed E-state index contributed by atoms with van der Waals surface area (Å²) >= 11 is 0. The fourth-order valence-corrected chi connectivity index (χ4v) is 2.73. The number of carbonyl (C=O) groups is 1. The van der Waals surface area contributed by atoms with Crippen LogP contribution >= 0.6 is 0 Å². The van der Waals surface area contributed by atoms with Crippen molar-refractivity contribution in [1.29, 1.82) is 0 Å². The summed E-state index contributed by atoms with van der Waals surface area (Å²) in [5.74, 6) is 0. The third-order valence-corrected chi connectivity index (χ3v) is 3.82. The average Bonchev–Trinajstić information content (AvgIpc) is 2.35. The molecule has 0 radical (unpaired) electrons. The van der Waals surface area contributed by atoms with Gasteiger partial charge in [-0.3, -0.25) is 4.31 Å². The number of hydrogen-bond acceptors (Lipinski definition) is 4. The van der Waals surface area contributed by atoms with Gasteiger partial charge in [0, 0.05) is 6.54 Å². The van der Waals surface area contributed by atoms with Crippen LogP contribution in [-0.4, -0.2) is 40.5 Å². The summed E-state index contributed by atoms with van der Waals surface area (Å²) in [6.07, 6.45) is 0.592. The van der Waals surface area contributed by atoms with E-state index in [0.717, 1.165) is 11.8 Å². The number of aryl methyl sites for hydroxylation is 1. The maximum Gasteiger partial charge on any atom is 0.407 e. The lowest BCUT2D eigenvalue weighted by Crippen LogP contribution is -2.38. The lowest BCUT2D eigenvalue weighted by atomic mass is 10.2. The van der Waals surface area contributed by atoms with Crippen molar-refractivity contribution in [2.24, 2.45) is 0 Å². The van der Waals surface area contributed by atoms with Crippen LogP contribution in [0.15, 0.2) is 24.3 Å². The highest BCUT2D eigenvalue weighted by Gasteiger charge is 2.18. The molecule has 0 aliphatic heterocycles. The minimum Gasteiger partial charge on any atom is -0.450 e. The minimum atomic E-state index is -3.41. The Labute approximate surface area is 119 Å². The lowest BCUT2D eigenvalue weighted by molar-refractivity contribution is 0.152. The third kappa shape index (κ3) is 4.73.